The summed E-state index contributed by atoms with van der Waals surface area (Å²) in [6.07, 6.45) is 1.85. The first-order valence-corrected chi connectivity index (χ1v) is 7.48. The van der Waals surface area contributed by atoms with Gasteiger partial charge in [0.25, 0.3) is 0 Å². The van der Waals surface area contributed by atoms with Crippen molar-refractivity contribution < 1.29 is 0 Å². The third kappa shape index (κ3) is 3.57. The van der Waals surface area contributed by atoms with Gasteiger partial charge in [-0.1, -0.05) is 22.9 Å². The summed E-state index contributed by atoms with van der Waals surface area (Å²) in [6.45, 7) is 3.07. The quantitative estimate of drug-likeness (QED) is 0.857. The van der Waals surface area contributed by atoms with Gasteiger partial charge < -0.3 is 5.32 Å². The largest absolute Gasteiger partial charge is 0.353 e. The molecule has 1 N–H and O–H groups in total. The topological polar surface area (TPSA) is 37.8 Å². The van der Waals surface area contributed by atoms with E-state index in [2.05, 4.69) is 38.1 Å². The van der Waals surface area contributed by atoms with E-state index < -0.39 is 0 Å². The van der Waals surface area contributed by atoms with Gasteiger partial charge in [-0.2, -0.15) is 11.8 Å². The number of anilines is 1. The number of fused-ring (bicyclic) bond motifs is 1. The maximum atomic E-state index is 4.46. The molecule has 1 aromatic carbocycles. The van der Waals surface area contributed by atoms with Crippen LogP contribution in [-0.4, -0.2) is 28.0 Å². The second kappa shape index (κ2) is 6.21. The minimum absolute atomic E-state index is 0.705. The van der Waals surface area contributed by atoms with E-state index in [0.29, 0.717) is 5.95 Å². The average Bonchev–Trinajstić information content (AvgIpc) is 2.35. The van der Waals surface area contributed by atoms with E-state index in [1.165, 1.54) is 0 Å². The highest BCUT2D eigenvalue weighted by atomic mass is 79.9. The van der Waals surface area contributed by atoms with Crippen LogP contribution in [0.3, 0.4) is 0 Å². The van der Waals surface area contributed by atoms with Gasteiger partial charge in [-0.25, -0.2) is 9.97 Å². The monoisotopic (exact) mass is 311 g/mol. The van der Waals surface area contributed by atoms with Gasteiger partial charge in [-0.15, -0.1) is 0 Å². The minimum atomic E-state index is 0.705. The summed E-state index contributed by atoms with van der Waals surface area (Å²) in [5.41, 5.74) is 0.967. The molecule has 17 heavy (non-hydrogen) atoms. The van der Waals surface area contributed by atoms with Crippen molar-refractivity contribution in [2.45, 2.75) is 6.92 Å². The van der Waals surface area contributed by atoms with Gasteiger partial charge in [0, 0.05) is 28.4 Å². The van der Waals surface area contributed by atoms with Gasteiger partial charge in [-0.3, -0.25) is 0 Å². The lowest BCUT2D eigenvalue weighted by Crippen LogP contribution is -2.07. The molecule has 0 saturated carbocycles. The maximum Gasteiger partial charge on any atom is 0.223 e. The van der Waals surface area contributed by atoms with Gasteiger partial charge in [0.15, 0.2) is 0 Å². The fraction of sp³-hybridized carbons (Fsp3) is 0.333. The molecule has 0 amide bonds. The first kappa shape index (κ1) is 12.6. The van der Waals surface area contributed by atoms with Crippen LogP contribution < -0.4 is 5.32 Å². The summed E-state index contributed by atoms with van der Waals surface area (Å²) in [5.74, 6) is 2.93. The number of hydrogen-bond acceptors (Lipinski definition) is 4. The highest BCUT2D eigenvalue weighted by Crippen LogP contribution is 2.18. The Bertz CT molecular complexity index is 504. The molecule has 0 fully saturated rings. The van der Waals surface area contributed by atoms with E-state index >= 15 is 0 Å². The van der Waals surface area contributed by atoms with Crippen molar-refractivity contribution in [2.24, 2.45) is 0 Å². The number of halogens is 1. The molecule has 90 valence electrons. The van der Waals surface area contributed by atoms with Crippen LogP contribution in [0.1, 0.15) is 6.92 Å². The molecular weight excluding hydrogens is 298 g/mol. The molecule has 0 spiro atoms. The normalized spacial score (nSPS) is 10.7. The number of thioether (sulfide) groups is 1. The summed E-state index contributed by atoms with van der Waals surface area (Å²) >= 11 is 5.34. The highest BCUT2D eigenvalue weighted by molar-refractivity contribution is 9.10. The van der Waals surface area contributed by atoms with E-state index in [1.54, 1.807) is 0 Å². The van der Waals surface area contributed by atoms with Crippen molar-refractivity contribution in [3.63, 3.8) is 0 Å². The summed E-state index contributed by atoms with van der Waals surface area (Å²) in [6, 6.07) is 6.01. The number of nitrogens with one attached hydrogen (secondary N) is 1. The van der Waals surface area contributed by atoms with Crippen LogP contribution in [0, 0.1) is 0 Å². The summed E-state index contributed by atoms with van der Waals surface area (Å²) in [4.78, 5) is 8.75. The molecule has 0 aliphatic carbocycles. The lowest BCUT2D eigenvalue weighted by molar-refractivity contribution is 1.11. The summed E-state index contributed by atoms with van der Waals surface area (Å²) in [5, 5.41) is 4.28. The van der Waals surface area contributed by atoms with Crippen molar-refractivity contribution >= 4 is 44.5 Å². The molecule has 1 heterocycles. The average molecular weight is 312 g/mol. The third-order valence-electron chi connectivity index (χ3n) is 2.28. The number of rotatable bonds is 5. The van der Waals surface area contributed by atoms with E-state index in [0.717, 1.165) is 33.4 Å². The molecule has 0 unspecified atom stereocenters. The Morgan fingerprint density at radius 2 is 2.29 bits per heavy atom. The van der Waals surface area contributed by atoms with Gasteiger partial charge in [0.05, 0.1) is 5.52 Å². The van der Waals surface area contributed by atoms with E-state index in [9.17, 15) is 0 Å². The van der Waals surface area contributed by atoms with E-state index in [4.69, 9.17) is 0 Å². The molecule has 0 atom stereocenters. The van der Waals surface area contributed by atoms with Crippen LogP contribution in [0.2, 0.25) is 0 Å². The molecule has 0 aliphatic rings. The zero-order chi connectivity index (χ0) is 12.1. The lowest BCUT2D eigenvalue weighted by Gasteiger charge is -2.05. The zero-order valence-electron chi connectivity index (χ0n) is 9.61. The van der Waals surface area contributed by atoms with Crippen molar-refractivity contribution in [3.8, 4) is 0 Å². The van der Waals surface area contributed by atoms with Crippen molar-refractivity contribution in [2.75, 3.05) is 23.4 Å². The fourth-order valence-corrected chi connectivity index (χ4v) is 2.38. The summed E-state index contributed by atoms with van der Waals surface area (Å²) in [7, 11) is 0. The van der Waals surface area contributed by atoms with Crippen molar-refractivity contribution in [1.82, 2.24) is 9.97 Å². The predicted octanol–water partition coefficient (Wildman–Crippen LogP) is 3.56. The molecule has 0 radical (unpaired) electrons. The first-order chi connectivity index (χ1) is 8.29. The Hall–Kier alpha value is -0.810. The smallest absolute Gasteiger partial charge is 0.223 e. The third-order valence-corrected chi connectivity index (χ3v) is 3.67. The van der Waals surface area contributed by atoms with Gasteiger partial charge >= 0.3 is 0 Å². The number of aromatic nitrogens is 2. The Morgan fingerprint density at radius 1 is 1.41 bits per heavy atom. The Balaban J connectivity index is 2.07. The molecule has 0 aliphatic heterocycles. The van der Waals surface area contributed by atoms with E-state index in [1.807, 2.05) is 36.2 Å². The van der Waals surface area contributed by atoms with Crippen LogP contribution in [0.15, 0.2) is 28.9 Å². The highest BCUT2D eigenvalue weighted by Gasteiger charge is 1.99. The number of hydrogen-bond donors (Lipinski definition) is 1. The minimum Gasteiger partial charge on any atom is -0.353 e. The second-order valence-corrected chi connectivity index (χ2v) is 5.83. The molecule has 2 rings (SSSR count). The molecule has 3 nitrogen and oxygen atoms in total. The molecule has 0 bridgehead atoms. The van der Waals surface area contributed by atoms with E-state index in [-0.39, 0.29) is 0 Å². The number of benzene rings is 1. The van der Waals surface area contributed by atoms with Crippen LogP contribution >= 0.6 is 27.7 Å². The van der Waals surface area contributed by atoms with Gasteiger partial charge in [-0.05, 0) is 24.0 Å². The first-order valence-electron chi connectivity index (χ1n) is 5.53. The van der Waals surface area contributed by atoms with Crippen molar-refractivity contribution in [3.05, 3.63) is 28.9 Å². The Labute approximate surface area is 114 Å². The number of nitrogens with zero attached hydrogens (tertiary/aromatic N) is 2. The van der Waals surface area contributed by atoms with Gasteiger partial charge in [0.2, 0.25) is 5.95 Å². The molecule has 1 aromatic heterocycles. The molecule has 5 heteroatoms. The summed E-state index contributed by atoms with van der Waals surface area (Å²) < 4.78 is 1.05. The maximum absolute atomic E-state index is 4.46. The predicted molar refractivity (Wildman–Crippen MR) is 78.7 cm³/mol. The van der Waals surface area contributed by atoms with Crippen LogP contribution in [0.5, 0.6) is 0 Å². The Morgan fingerprint density at radius 3 is 3.12 bits per heavy atom. The van der Waals surface area contributed by atoms with Crippen LogP contribution in [0.25, 0.3) is 10.9 Å². The lowest BCUT2D eigenvalue weighted by atomic mass is 10.2. The fourth-order valence-electron chi connectivity index (χ4n) is 1.47. The van der Waals surface area contributed by atoms with Gasteiger partial charge in [0.1, 0.15) is 0 Å². The van der Waals surface area contributed by atoms with Crippen molar-refractivity contribution in [1.29, 1.82) is 0 Å². The SMILES string of the molecule is CCSCCNc1ncc2cc(Br)ccc2n1. The Kier molecular flexibility index (Phi) is 4.62. The molecule has 0 saturated heterocycles. The standard InChI is InChI=1S/C12H14BrN3S/c1-2-17-6-5-14-12-15-8-9-7-10(13)3-4-11(9)16-12/h3-4,7-8H,2,5-6H2,1H3,(H,14,15,16). The van der Waals surface area contributed by atoms with Crippen LogP contribution in [-0.2, 0) is 0 Å². The zero-order valence-corrected chi connectivity index (χ0v) is 12.0. The van der Waals surface area contributed by atoms with Crippen LogP contribution in [0.4, 0.5) is 5.95 Å². The molecule has 2 aromatic rings. The second-order valence-electron chi connectivity index (χ2n) is 3.52. The molecular formula is C12H14BrN3S.